The third-order valence-electron chi connectivity index (χ3n) is 11.1. The average Bonchev–Trinajstić information content (AvgIpc) is 3.60. The molecule has 252 valence electrons. The summed E-state index contributed by atoms with van der Waals surface area (Å²) in [6.45, 7) is 0. The van der Waals surface area contributed by atoms with Crippen LogP contribution in [0.15, 0.2) is 206 Å². The second kappa shape index (κ2) is 12.2. The van der Waals surface area contributed by atoms with Gasteiger partial charge in [-0.15, -0.1) is 0 Å². The number of anilines is 3. The first-order valence-electron chi connectivity index (χ1n) is 18.6. The highest BCUT2D eigenvalue weighted by atomic mass is 15.1. The average molecular weight is 687 g/mol. The summed E-state index contributed by atoms with van der Waals surface area (Å²) in [5.41, 5.74) is 9.30. The zero-order valence-electron chi connectivity index (χ0n) is 29.5. The summed E-state index contributed by atoms with van der Waals surface area (Å²) in [5.74, 6) is 0. The minimum Gasteiger partial charge on any atom is -0.310 e. The SMILES string of the molecule is c1ccc(N(c2ccccc2)c2cc3ccccc3c3c2c2ccc(-c4ccc5c6ccccc6c6ccccc6c5c4)cc2n3-c2ccccc2)cc1. The zero-order valence-corrected chi connectivity index (χ0v) is 29.5. The maximum absolute atomic E-state index is 2.48. The van der Waals surface area contributed by atoms with Gasteiger partial charge in [0.15, 0.2) is 0 Å². The highest BCUT2D eigenvalue weighted by Gasteiger charge is 2.24. The van der Waals surface area contributed by atoms with E-state index in [1.165, 1.54) is 76.0 Å². The number of para-hydroxylation sites is 3. The maximum atomic E-state index is 2.48. The topological polar surface area (TPSA) is 8.17 Å². The Morgan fingerprint density at radius 3 is 1.41 bits per heavy atom. The van der Waals surface area contributed by atoms with Gasteiger partial charge in [0.2, 0.25) is 0 Å². The number of aromatic nitrogens is 1. The normalized spacial score (nSPS) is 11.7. The predicted octanol–water partition coefficient (Wildman–Crippen LogP) is 14.5. The largest absolute Gasteiger partial charge is 0.310 e. The fraction of sp³-hybridized carbons (Fsp3) is 0. The van der Waals surface area contributed by atoms with Crippen LogP contribution in [-0.4, -0.2) is 4.57 Å². The van der Waals surface area contributed by atoms with E-state index in [4.69, 9.17) is 0 Å². The third kappa shape index (κ3) is 4.67. The molecule has 0 bridgehead atoms. The smallest absolute Gasteiger partial charge is 0.0640 e. The van der Waals surface area contributed by atoms with Gasteiger partial charge in [-0.1, -0.05) is 152 Å². The number of fused-ring (bicyclic) bond motifs is 11. The molecule has 11 aromatic rings. The molecule has 2 heteroatoms. The van der Waals surface area contributed by atoms with Gasteiger partial charge in [-0.05, 0) is 103 Å². The van der Waals surface area contributed by atoms with E-state index in [-0.39, 0.29) is 0 Å². The lowest BCUT2D eigenvalue weighted by atomic mass is 9.92. The van der Waals surface area contributed by atoms with Crippen LogP contribution in [-0.2, 0) is 0 Å². The standard InChI is InChI=1S/C52H34N2/c1-4-17-38(18-5-1)53(39-19-6-2-7-20-39)50-34-37-16-10-11-23-41(37)52-51(50)47-31-29-36(33-49(47)54(52)40-21-8-3-9-22-40)35-28-30-46-44-26-13-12-24-42(44)43-25-14-15-27-45(43)48(46)32-35/h1-34H. The highest BCUT2D eigenvalue weighted by molar-refractivity contribution is 6.27. The van der Waals surface area contributed by atoms with E-state index < -0.39 is 0 Å². The molecule has 0 N–H and O–H groups in total. The molecule has 0 atom stereocenters. The highest BCUT2D eigenvalue weighted by Crippen LogP contribution is 2.47. The summed E-state index contributed by atoms with van der Waals surface area (Å²) < 4.78 is 2.48. The Balaban J connectivity index is 1.24. The lowest BCUT2D eigenvalue weighted by molar-refractivity contribution is 1.19. The van der Waals surface area contributed by atoms with Gasteiger partial charge in [0.1, 0.15) is 0 Å². The minimum atomic E-state index is 1.12. The third-order valence-corrected chi connectivity index (χ3v) is 11.1. The van der Waals surface area contributed by atoms with Crippen LogP contribution in [0.3, 0.4) is 0 Å². The molecule has 0 saturated heterocycles. The first-order valence-corrected chi connectivity index (χ1v) is 18.6. The van der Waals surface area contributed by atoms with Gasteiger partial charge in [0.05, 0.1) is 16.7 Å². The first kappa shape index (κ1) is 30.5. The molecule has 54 heavy (non-hydrogen) atoms. The van der Waals surface area contributed by atoms with Crippen LogP contribution >= 0.6 is 0 Å². The molecule has 0 amide bonds. The fourth-order valence-electron chi connectivity index (χ4n) is 8.73. The van der Waals surface area contributed by atoms with Crippen LogP contribution in [0.4, 0.5) is 17.1 Å². The number of nitrogens with zero attached hydrogens (tertiary/aromatic N) is 2. The molecule has 11 rings (SSSR count). The van der Waals surface area contributed by atoms with Crippen LogP contribution < -0.4 is 4.90 Å². The summed E-state index contributed by atoms with van der Waals surface area (Å²) in [5, 5.41) is 12.6. The Kier molecular flexibility index (Phi) is 6.90. The fourth-order valence-corrected chi connectivity index (χ4v) is 8.73. The Labute approximate surface area is 313 Å². The van der Waals surface area contributed by atoms with E-state index in [1.54, 1.807) is 0 Å². The molecule has 0 spiro atoms. The van der Waals surface area contributed by atoms with Gasteiger partial charge in [-0.25, -0.2) is 0 Å². The molecule has 0 saturated carbocycles. The Hall–Kier alpha value is -7.16. The van der Waals surface area contributed by atoms with Crippen LogP contribution in [0, 0.1) is 0 Å². The van der Waals surface area contributed by atoms with Crippen LogP contribution in [0.25, 0.3) is 81.7 Å². The lowest BCUT2D eigenvalue weighted by Gasteiger charge is -2.27. The number of hydrogen-bond donors (Lipinski definition) is 0. The Morgan fingerprint density at radius 1 is 0.333 bits per heavy atom. The monoisotopic (exact) mass is 686 g/mol. The number of benzene rings is 10. The van der Waals surface area contributed by atoms with Crippen molar-refractivity contribution in [1.82, 2.24) is 4.57 Å². The summed E-state index contributed by atoms with van der Waals surface area (Å²) in [4.78, 5) is 2.41. The summed E-state index contributed by atoms with van der Waals surface area (Å²) in [6, 6.07) is 75.2. The van der Waals surface area contributed by atoms with Crippen molar-refractivity contribution in [1.29, 1.82) is 0 Å². The Bertz CT molecular complexity index is 3120. The minimum absolute atomic E-state index is 1.12. The van der Waals surface area contributed by atoms with Crippen molar-refractivity contribution in [2.24, 2.45) is 0 Å². The van der Waals surface area contributed by atoms with Crippen LogP contribution in [0.1, 0.15) is 0 Å². The van der Waals surface area contributed by atoms with Gasteiger partial charge in [0, 0.05) is 33.2 Å². The van der Waals surface area contributed by atoms with Gasteiger partial charge in [-0.2, -0.15) is 0 Å². The lowest BCUT2D eigenvalue weighted by Crippen LogP contribution is -2.10. The van der Waals surface area contributed by atoms with Crippen molar-refractivity contribution in [3.05, 3.63) is 206 Å². The van der Waals surface area contributed by atoms with Crippen molar-refractivity contribution >= 4 is 82.0 Å². The number of hydrogen-bond acceptors (Lipinski definition) is 1. The molecule has 10 aromatic carbocycles. The van der Waals surface area contributed by atoms with Crippen molar-refractivity contribution in [3.8, 4) is 16.8 Å². The van der Waals surface area contributed by atoms with Crippen molar-refractivity contribution in [3.63, 3.8) is 0 Å². The predicted molar refractivity (Wildman–Crippen MR) is 231 cm³/mol. The molecular weight excluding hydrogens is 653 g/mol. The van der Waals surface area contributed by atoms with E-state index in [9.17, 15) is 0 Å². The summed E-state index contributed by atoms with van der Waals surface area (Å²) in [6.07, 6.45) is 0. The van der Waals surface area contributed by atoms with Crippen molar-refractivity contribution in [2.75, 3.05) is 4.90 Å². The van der Waals surface area contributed by atoms with Crippen molar-refractivity contribution < 1.29 is 0 Å². The van der Waals surface area contributed by atoms with E-state index >= 15 is 0 Å². The summed E-state index contributed by atoms with van der Waals surface area (Å²) >= 11 is 0. The number of rotatable bonds is 5. The molecule has 0 aliphatic carbocycles. The van der Waals surface area contributed by atoms with Gasteiger partial charge in [-0.3, -0.25) is 0 Å². The molecule has 0 aliphatic heterocycles. The second-order valence-corrected chi connectivity index (χ2v) is 14.1. The zero-order chi connectivity index (χ0) is 35.6. The van der Waals surface area contributed by atoms with E-state index in [1.807, 2.05) is 0 Å². The van der Waals surface area contributed by atoms with Crippen LogP contribution in [0.5, 0.6) is 0 Å². The molecule has 1 heterocycles. The molecule has 0 aliphatic rings. The molecule has 0 unspecified atom stereocenters. The van der Waals surface area contributed by atoms with E-state index in [0.717, 1.165) is 22.7 Å². The maximum Gasteiger partial charge on any atom is 0.0640 e. The van der Waals surface area contributed by atoms with Crippen LogP contribution in [0.2, 0.25) is 0 Å². The molecular formula is C52H34N2. The van der Waals surface area contributed by atoms with E-state index in [2.05, 4.69) is 216 Å². The molecule has 2 nitrogen and oxygen atoms in total. The molecule has 0 fully saturated rings. The van der Waals surface area contributed by atoms with Gasteiger partial charge in [0.25, 0.3) is 0 Å². The summed E-state index contributed by atoms with van der Waals surface area (Å²) in [7, 11) is 0. The second-order valence-electron chi connectivity index (χ2n) is 14.1. The van der Waals surface area contributed by atoms with E-state index in [0.29, 0.717) is 0 Å². The van der Waals surface area contributed by atoms with Gasteiger partial charge >= 0.3 is 0 Å². The molecule has 1 aromatic heterocycles. The molecule has 0 radical (unpaired) electrons. The quantitative estimate of drug-likeness (QED) is 0.164. The Morgan fingerprint density at radius 2 is 0.796 bits per heavy atom. The van der Waals surface area contributed by atoms with Gasteiger partial charge < -0.3 is 9.47 Å². The first-order chi connectivity index (χ1) is 26.8. The van der Waals surface area contributed by atoms with Crippen molar-refractivity contribution in [2.45, 2.75) is 0 Å².